The van der Waals surface area contributed by atoms with Gasteiger partial charge >= 0.3 is 0 Å². The van der Waals surface area contributed by atoms with E-state index in [0.29, 0.717) is 12.3 Å². The predicted molar refractivity (Wildman–Crippen MR) is 66.1 cm³/mol. The second kappa shape index (κ2) is 5.20. The number of nitrogens with two attached hydrogens (primary N) is 1. The highest BCUT2D eigenvalue weighted by Gasteiger charge is 2.12. The summed E-state index contributed by atoms with van der Waals surface area (Å²) < 4.78 is 5.04. The third-order valence-electron chi connectivity index (χ3n) is 2.31. The molecule has 0 saturated carbocycles. The third kappa shape index (κ3) is 2.98. The van der Waals surface area contributed by atoms with Crippen molar-refractivity contribution in [1.29, 1.82) is 0 Å². The van der Waals surface area contributed by atoms with Gasteiger partial charge in [-0.05, 0) is 6.92 Å². The first kappa shape index (κ1) is 11.9. The summed E-state index contributed by atoms with van der Waals surface area (Å²) >= 11 is 1.62. The van der Waals surface area contributed by atoms with Crippen LogP contribution in [0.2, 0.25) is 0 Å². The van der Waals surface area contributed by atoms with Gasteiger partial charge in [0, 0.05) is 23.6 Å². The number of rotatable bonds is 4. The van der Waals surface area contributed by atoms with Crippen LogP contribution in [0.15, 0.2) is 17.8 Å². The van der Waals surface area contributed by atoms with Gasteiger partial charge in [-0.15, -0.1) is 11.3 Å². The summed E-state index contributed by atoms with van der Waals surface area (Å²) in [5, 5.41) is 3.04. The monoisotopic (exact) mass is 250 g/mol. The van der Waals surface area contributed by atoms with Crippen LogP contribution in [0, 0.1) is 6.92 Å². The molecule has 0 aliphatic carbocycles. The fraction of sp³-hybridized carbons (Fsp3) is 0.364. The lowest BCUT2D eigenvalue weighted by molar-refractivity contribution is 0.395. The third-order valence-corrected chi connectivity index (χ3v) is 3.30. The Hall–Kier alpha value is -1.53. The van der Waals surface area contributed by atoms with Crippen LogP contribution < -0.4 is 10.5 Å². The number of aromatic nitrogens is 3. The lowest BCUT2D eigenvalue weighted by atomic mass is 10.1. The van der Waals surface area contributed by atoms with Crippen molar-refractivity contribution in [3.63, 3.8) is 0 Å². The second-order valence-corrected chi connectivity index (χ2v) is 4.62. The van der Waals surface area contributed by atoms with Crippen LogP contribution in [-0.4, -0.2) is 22.1 Å². The number of aryl methyl sites for hydroxylation is 1. The quantitative estimate of drug-likeness (QED) is 0.890. The summed E-state index contributed by atoms with van der Waals surface area (Å²) in [5.41, 5.74) is 7.87. The molecule has 0 aromatic carbocycles. The van der Waals surface area contributed by atoms with E-state index < -0.39 is 0 Å². The van der Waals surface area contributed by atoms with Crippen LogP contribution in [-0.2, 0) is 6.42 Å². The van der Waals surface area contributed by atoms with E-state index in [0.717, 1.165) is 16.4 Å². The van der Waals surface area contributed by atoms with E-state index in [9.17, 15) is 0 Å². The maximum Gasteiger partial charge on any atom is 0.216 e. The van der Waals surface area contributed by atoms with E-state index >= 15 is 0 Å². The van der Waals surface area contributed by atoms with Crippen LogP contribution in [0.4, 0.5) is 0 Å². The van der Waals surface area contributed by atoms with Gasteiger partial charge in [0.1, 0.15) is 6.33 Å². The van der Waals surface area contributed by atoms with Gasteiger partial charge in [-0.2, -0.15) is 0 Å². The van der Waals surface area contributed by atoms with E-state index in [1.165, 1.54) is 6.33 Å². The zero-order chi connectivity index (χ0) is 12.3. The summed E-state index contributed by atoms with van der Waals surface area (Å²) in [6, 6.07) is 1.57. The van der Waals surface area contributed by atoms with Gasteiger partial charge in [-0.1, -0.05) is 0 Å². The molecule has 0 amide bonds. The van der Waals surface area contributed by atoms with Crippen molar-refractivity contribution < 1.29 is 4.74 Å². The van der Waals surface area contributed by atoms with Crippen LogP contribution in [0.1, 0.15) is 22.4 Å². The number of nitrogens with zero attached hydrogens (tertiary/aromatic N) is 3. The minimum Gasteiger partial charge on any atom is -0.481 e. The van der Waals surface area contributed by atoms with Crippen molar-refractivity contribution in [2.45, 2.75) is 19.4 Å². The Morgan fingerprint density at radius 2 is 2.29 bits per heavy atom. The number of ether oxygens (including phenoxy) is 1. The molecule has 2 N–H and O–H groups in total. The molecule has 90 valence electrons. The topological polar surface area (TPSA) is 73.9 Å². The SMILES string of the molecule is COc1cc(C(N)Cc2nc(C)cs2)ncn1. The van der Waals surface area contributed by atoms with Crippen molar-refractivity contribution in [2.75, 3.05) is 7.11 Å². The van der Waals surface area contributed by atoms with Gasteiger partial charge in [0.25, 0.3) is 0 Å². The minimum atomic E-state index is -0.183. The fourth-order valence-corrected chi connectivity index (χ4v) is 2.29. The van der Waals surface area contributed by atoms with Crippen molar-refractivity contribution in [2.24, 2.45) is 5.73 Å². The van der Waals surface area contributed by atoms with Gasteiger partial charge in [0.2, 0.25) is 5.88 Å². The van der Waals surface area contributed by atoms with Gasteiger partial charge in [0.15, 0.2) is 0 Å². The Morgan fingerprint density at radius 1 is 1.47 bits per heavy atom. The Labute approximate surface area is 104 Å². The molecule has 0 aliphatic rings. The molecule has 0 fully saturated rings. The Balaban J connectivity index is 2.11. The largest absolute Gasteiger partial charge is 0.481 e. The fourth-order valence-electron chi connectivity index (χ4n) is 1.46. The van der Waals surface area contributed by atoms with Crippen LogP contribution >= 0.6 is 11.3 Å². The van der Waals surface area contributed by atoms with E-state index in [1.54, 1.807) is 24.5 Å². The molecule has 2 rings (SSSR count). The summed E-state index contributed by atoms with van der Waals surface area (Å²) in [5.74, 6) is 0.528. The number of methoxy groups -OCH3 is 1. The number of hydrogen-bond acceptors (Lipinski definition) is 6. The maximum atomic E-state index is 6.08. The molecule has 5 nitrogen and oxygen atoms in total. The van der Waals surface area contributed by atoms with Crippen LogP contribution in [0.25, 0.3) is 0 Å². The standard InChI is InChI=1S/C11H14N4OS/c1-7-5-17-11(15-7)3-8(12)9-4-10(16-2)14-6-13-9/h4-6,8H,3,12H2,1-2H3. The zero-order valence-corrected chi connectivity index (χ0v) is 10.6. The highest BCUT2D eigenvalue weighted by molar-refractivity contribution is 7.09. The first-order valence-electron chi connectivity index (χ1n) is 5.21. The molecule has 0 spiro atoms. The Kier molecular flexibility index (Phi) is 3.65. The molecule has 0 saturated heterocycles. The van der Waals surface area contributed by atoms with Crippen LogP contribution in [0.5, 0.6) is 5.88 Å². The highest BCUT2D eigenvalue weighted by Crippen LogP contribution is 2.19. The van der Waals surface area contributed by atoms with Crippen molar-refractivity contribution >= 4 is 11.3 Å². The molecule has 1 atom stereocenters. The average Bonchev–Trinajstić information content (AvgIpc) is 2.75. The molecule has 6 heteroatoms. The average molecular weight is 250 g/mol. The Morgan fingerprint density at radius 3 is 2.94 bits per heavy atom. The molecule has 2 aromatic rings. The van der Waals surface area contributed by atoms with Gasteiger partial charge in [-0.25, -0.2) is 15.0 Å². The smallest absolute Gasteiger partial charge is 0.216 e. The van der Waals surface area contributed by atoms with Gasteiger partial charge < -0.3 is 10.5 Å². The number of hydrogen-bond donors (Lipinski definition) is 1. The normalized spacial score (nSPS) is 12.4. The van der Waals surface area contributed by atoms with Crippen LogP contribution in [0.3, 0.4) is 0 Å². The van der Waals surface area contributed by atoms with Crippen molar-refractivity contribution in [3.8, 4) is 5.88 Å². The molecule has 2 heterocycles. The predicted octanol–water partition coefficient (Wildman–Crippen LogP) is 1.49. The van der Waals surface area contributed by atoms with Crippen molar-refractivity contribution in [1.82, 2.24) is 15.0 Å². The second-order valence-electron chi connectivity index (χ2n) is 3.68. The maximum absolute atomic E-state index is 6.08. The summed E-state index contributed by atoms with van der Waals surface area (Å²) in [4.78, 5) is 12.5. The van der Waals surface area contributed by atoms with Gasteiger partial charge in [0.05, 0.1) is 23.9 Å². The lowest BCUT2D eigenvalue weighted by Crippen LogP contribution is -2.15. The zero-order valence-electron chi connectivity index (χ0n) is 9.75. The van der Waals surface area contributed by atoms with E-state index in [2.05, 4.69) is 15.0 Å². The highest BCUT2D eigenvalue weighted by atomic mass is 32.1. The summed E-state index contributed by atoms with van der Waals surface area (Å²) in [6.07, 6.45) is 2.14. The summed E-state index contributed by atoms with van der Waals surface area (Å²) in [6.45, 7) is 1.97. The summed E-state index contributed by atoms with van der Waals surface area (Å²) in [7, 11) is 1.57. The molecule has 1 unspecified atom stereocenters. The van der Waals surface area contributed by atoms with Gasteiger partial charge in [-0.3, -0.25) is 0 Å². The first-order chi connectivity index (χ1) is 8.19. The molecule has 0 radical (unpaired) electrons. The molecular weight excluding hydrogens is 236 g/mol. The van der Waals surface area contributed by atoms with Crippen molar-refractivity contribution in [3.05, 3.63) is 34.2 Å². The molecule has 0 aliphatic heterocycles. The molecular formula is C11H14N4OS. The number of thiazole rings is 1. The molecule has 17 heavy (non-hydrogen) atoms. The molecule has 0 bridgehead atoms. The Bertz CT molecular complexity index is 500. The first-order valence-corrected chi connectivity index (χ1v) is 6.09. The van der Waals surface area contributed by atoms with E-state index in [1.807, 2.05) is 12.3 Å². The lowest BCUT2D eigenvalue weighted by Gasteiger charge is -2.09. The van der Waals surface area contributed by atoms with E-state index in [-0.39, 0.29) is 6.04 Å². The minimum absolute atomic E-state index is 0.183. The van der Waals surface area contributed by atoms with E-state index in [4.69, 9.17) is 10.5 Å². The molecule has 2 aromatic heterocycles.